The molecule has 3 aliphatic rings. The predicted molar refractivity (Wildman–Crippen MR) is 165 cm³/mol. The number of hydrogen-bond acceptors (Lipinski definition) is 6. The summed E-state index contributed by atoms with van der Waals surface area (Å²) < 4.78 is 53.7. The molecule has 3 aromatic rings. The van der Waals surface area contributed by atoms with Crippen LogP contribution in [-0.2, 0) is 4.74 Å². The van der Waals surface area contributed by atoms with Crippen LogP contribution in [0.4, 0.5) is 24.5 Å². The summed E-state index contributed by atoms with van der Waals surface area (Å²) in [6.07, 6.45) is 6.18. The van der Waals surface area contributed by atoms with Crippen molar-refractivity contribution in [2.75, 3.05) is 44.5 Å². The van der Waals surface area contributed by atoms with Gasteiger partial charge in [-0.3, -0.25) is 0 Å². The number of fused-ring (bicyclic) bond motifs is 3. The van der Waals surface area contributed by atoms with Crippen molar-refractivity contribution in [1.82, 2.24) is 14.6 Å². The second-order valence-corrected chi connectivity index (χ2v) is 14.2. The van der Waals surface area contributed by atoms with E-state index in [0.29, 0.717) is 53.4 Å². The third kappa shape index (κ3) is 6.38. The minimum absolute atomic E-state index is 0.171. The topological polar surface area (TPSA) is 79.3 Å². The summed E-state index contributed by atoms with van der Waals surface area (Å²) in [6, 6.07) is 11.9. The predicted octanol–water partition coefficient (Wildman–Crippen LogP) is 3.82. The number of aromatic nitrogens is 1. The van der Waals surface area contributed by atoms with Crippen LogP contribution in [0.1, 0.15) is 48.5 Å². The van der Waals surface area contributed by atoms with Gasteiger partial charge in [-0.2, -0.15) is 0 Å². The zero-order chi connectivity index (χ0) is 31.1. The minimum atomic E-state index is -4.32. The van der Waals surface area contributed by atoms with Gasteiger partial charge in [0.25, 0.3) is 0 Å². The molecule has 0 saturated carbocycles. The Balaban J connectivity index is 1.20. The molecule has 3 atom stereocenters. The number of methoxy groups -OCH3 is 1. The molecular formula is C32H36F3N5O3Se. The summed E-state index contributed by atoms with van der Waals surface area (Å²) in [5.41, 5.74) is 2.59. The van der Waals surface area contributed by atoms with E-state index in [1.807, 2.05) is 13.0 Å². The van der Waals surface area contributed by atoms with E-state index in [0.717, 1.165) is 24.9 Å². The molecule has 3 saturated heterocycles. The number of nitrogens with zero attached hydrogens (tertiary/aromatic N) is 2. The molecule has 3 N–H and O–H groups in total. The number of amides is 1. The number of hydrogen-bond donors (Lipinski definition) is 3. The van der Waals surface area contributed by atoms with Gasteiger partial charge in [-0.1, -0.05) is 0 Å². The fourth-order valence-corrected chi connectivity index (χ4v) is 7.95. The number of piperidine rings is 1. The number of anilines is 2. The fraction of sp³-hybridized carbons (Fsp3) is 0.469. The fourth-order valence-electron chi connectivity index (χ4n) is 6.49. The van der Waals surface area contributed by atoms with E-state index >= 15 is 0 Å². The Kier molecular flexibility index (Phi) is 8.50. The number of rotatable bonds is 8. The van der Waals surface area contributed by atoms with Gasteiger partial charge in [0, 0.05) is 0 Å². The Labute approximate surface area is 261 Å². The molecule has 2 aromatic heterocycles. The van der Waals surface area contributed by atoms with Crippen LogP contribution in [0, 0.1) is 11.8 Å². The summed E-state index contributed by atoms with van der Waals surface area (Å²) in [5.74, 6) is 6.22. The number of likely N-dealkylation sites (N-methyl/N-ethyl adjacent to an activating group) is 1. The number of halogens is 3. The van der Waals surface area contributed by atoms with Gasteiger partial charge in [-0.25, -0.2) is 0 Å². The third-order valence-corrected chi connectivity index (χ3v) is 10.6. The van der Waals surface area contributed by atoms with Crippen LogP contribution in [0.5, 0.6) is 5.75 Å². The molecule has 0 spiro atoms. The monoisotopic (exact) mass is 675 g/mol. The number of alkyl halides is 3. The first kappa shape index (κ1) is 30.7. The van der Waals surface area contributed by atoms with Crippen LogP contribution >= 0.6 is 0 Å². The van der Waals surface area contributed by atoms with Crippen LogP contribution in [-0.4, -0.2) is 92.8 Å². The Morgan fingerprint density at radius 2 is 1.95 bits per heavy atom. The number of pyridine rings is 1. The number of carbonyl (C=O) groups excluding carboxylic acids is 1. The van der Waals surface area contributed by atoms with Gasteiger partial charge < -0.3 is 4.74 Å². The van der Waals surface area contributed by atoms with E-state index in [-0.39, 0.29) is 28.6 Å². The third-order valence-electron chi connectivity index (χ3n) is 8.80. The molecule has 0 aliphatic carbocycles. The van der Waals surface area contributed by atoms with E-state index in [1.54, 1.807) is 40.9 Å². The Morgan fingerprint density at radius 3 is 2.68 bits per heavy atom. The van der Waals surface area contributed by atoms with Gasteiger partial charge >= 0.3 is 231 Å². The van der Waals surface area contributed by atoms with Gasteiger partial charge in [0.2, 0.25) is 0 Å². The molecule has 2 bridgehead atoms. The maximum atomic E-state index is 13.7. The van der Waals surface area contributed by atoms with Crippen molar-refractivity contribution in [3.05, 3.63) is 53.7 Å². The van der Waals surface area contributed by atoms with Gasteiger partial charge in [0.1, 0.15) is 0 Å². The van der Waals surface area contributed by atoms with Crippen molar-refractivity contribution < 1.29 is 27.4 Å². The molecule has 1 aromatic carbocycles. The van der Waals surface area contributed by atoms with E-state index in [9.17, 15) is 18.0 Å². The first-order chi connectivity index (χ1) is 21.0. The number of ether oxygens (including phenoxy) is 2. The average Bonchev–Trinajstić information content (AvgIpc) is 3.42. The number of carbonyl (C=O) groups is 1. The Morgan fingerprint density at radius 1 is 1.16 bits per heavy atom. The van der Waals surface area contributed by atoms with E-state index in [1.165, 1.54) is 13.5 Å². The first-order valence-corrected chi connectivity index (χ1v) is 16.4. The van der Waals surface area contributed by atoms with Crippen molar-refractivity contribution in [2.45, 2.75) is 61.3 Å². The molecule has 3 fully saturated rings. The molecule has 0 unspecified atom stereocenters. The van der Waals surface area contributed by atoms with Crippen LogP contribution in [0.2, 0.25) is 0 Å². The molecule has 0 radical (unpaired) electrons. The molecule has 6 rings (SSSR count). The van der Waals surface area contributed by atoms with Crippen molar-refractivity contribution in [3.63, 3.8) is 0 Å². The summed E-state index contributed by atoms with van der Waals surface area (Å²) in [4.78, 5) is 15.1. The van der Waals surface area contributed by atoms with Crippen molar-refractivity contribution >= 4 is 42.3 Å². The van der Waals surface area contributed by atoms with E-state index in [2.05, 4.69) is 39.7 Å². The summed E-state index contributed by atoms with van der Waals surface area (Å²) >= 11 is -1.78. The Hall–Kier alpha value is -3.36. The SMILES string of the molecule is COc1cc(C(=O)NC2(C)COC2)ccc1NCC#Cc1cc2c(N[C@@H]3CC[C@@H]4CC[C@H]3N4C)cccn2c1[Se]C(F)(F)F. The van der Waals surface area contributed by atoms with Crippen molar-refractivity contribution in [2.24, 2.45) is 0 Å². The van der Waals surface area contributed by atoms with Crippen molar-refractivity contribution in [1.29, 1.82) is 0 Å². The first-order valence-electron chi connectivity index (χ1n) is 14.7. The van der Waals surface area contributed by atoms with Gasteiger partial charge in [-0.05, 0) is 6.92 Å². The van der Waals surface area contributed by atoms with Crippen LogP contribution < -0.4 is 25.3 Å². The second-order valence-electron chi connectivity index (χ2n) is 12.0. The van der Waals surface area contributed by atoms with Gasteiger partial charge in [-0.15, -0.1) is 0 Å². The van der Waals surface area contributed by atoms with Crippen LogP contribution in [0.3, 0.4) is 0 Å². The standard InChI is InChI=1S/C32H36F3N5O3Se/c1-31(18-43-19-31)38-29(41)20-8-11-25(28(17-20)42-3)36-14-4-6-21-16-27-23(7-5-15-40(27)30(21)44-32(33,34)35)37-24-12-9-22-10-13-26(24)39(22)2/h5,7-8,11,15-17,22,24,26,36-37H,9-10,12-14,18-19H2,1-3H3,(H,38,41)/t22-,24-,26-/m1/s1. The zero-order valence-electron chi connectivity index (χ0n) is 24.9. The molecule has 44 heavy (non-hydrogen) atoms. The zero-order valence-corrected chi connectivity index (χ0v) is 26.6. The van der Waals surface area contributed by atoms with Gasteiger partial charge in [0.05, 0.1) is 18.8 Å². The molecule has 12 heteroatoms. The van der Waals surface area contributed by atoms with E-state index in [4.69, 9.17) is 9.47 Å². The number of benzene rings is 1. The molecule has 5 heterocycles. The second kappa shape index (κ2) is 12.2. The van der Waals surface area contributed by atoms with Crippen molar-refractivity contribution in [3.8, 4) is 17.6 Å². The molecule has 234 valence electrons. The molecule has 8 nitrogen and oxygen atoms in total. The summed E-state index contributed by atoms with van der Waals surface area (Å²) in [5, 5.41) is 5.48. The summed E-state index contributed by atoms with van der Waals surface area (Å²) in [6.45, 7) is 3.03. The molecular weight excluding hydrogens is 638 g/mol. The Bertz CT molecular complexity index is 1610. The quantitative estimate of drug-likeness (QED) is 0.249. The van der Waals surface area contributed by atoms with Crippen LogP contribution in [0.15, 0.2) is 42.6 Å². The number of nitrogens with one attached hydrogen (secondary N) is 3. The molecule has 3 aliphatic heterocycles. The van der Waals surface area contributed by atoms with Crippen LogP contribution in [0.25, 0.3) is 5.52 Å². The van der Waals surface area contributed by atoms with E-state index < -0.39 is 20.0 Å². The maximum absolute atomic E-state index is 13.7. The summed E-state index contributed by atoms with van der Waals surface area (Å²) in [7, 11) is 3.68. The normalized spacial score (nSPS) is 22.5. The molecule has 1 amide bonds. The van der Waals surface area contributed by atoms with Gasteiger partial charge in [0.15, 0.2) is 0 Å². The average molecular weight is 675 g/mol.